The molecule has 0 amide bonds. The fourth-order valence-corrected chi connectivity index (χ4v) is 0.427. The van der Waals surface area contributed by atoms with Crippen LogP contribution in [0.5, 0.6) is 0 Å². The first-order valence-corrected chi connectivity index (χ1v) is 2.87. The van der Waals surface area contributed by atoms with Crippen molar-refractivity contribution in [1.82, 2.24) is 0 Å². The molecule has 0 heterocycles. The lowest BCUT2D eigenvalue weighted by molar-refractivity contribution is -0.527. The van der Waals surface area contributed by atoms with Crippen molar-refractivity contribution in [2.45, 2.75) is 23.8 Å². The summed E-state index contributed by atoms with van der Waals surface area (Å²) >= 11 is 0. The highest BCUT2D eigenvalue weighted by molar-refractivity contribution is 4.89. The molecule has 13 heavy (non-hydrogen) atoms. The molecule has 0 unspecified atom stereocenters. The molecular weight excluding hydrogens is 192 g/mol. The van der Waals surface area contributed by atoms with Crippen molar-refractivity contribution in [3.63, 3.8) is 0 Å². The van der Waals surface area contributed by atoms with Gasteiger partial charge in [0.15, 0.2) is 0 Å². The first-order valence-electron chi connectivity index (χ1n) is 2.87. The summed E-state index contributed by atoms with van der Waals surface area (Å²) in [5.74, 6) is -12.9. The van der Waals surface area contributed by atoms with Gasteiger partial charge in [0.05, 0.1) is 0 Å². The molecule has 80 valence electrons. The van der Waals surface area contributed by atoms with E-state index in [4.69, 9.17) is 46.0 Å². The minimum Gasteiger partial charge on any atom is -0.364 e. The maximum Gasteiger partial charge on any atom is 0.338 e. The van der Waals surface area contributed by atoms with Crippen LogP contribution >= 0.6 is 0 Å². The minimum atomic E-state index is -4.37. The summed E-state index contributed by atoms with van der Waals surface area (Å²) in [6.45, 7) is 0. The average molecular weight is 202 g/mol. The second-order valence-electron chi connectivity index (χ2n) is 2.41. The maximum atomic E-state index is 8.53. The fourth-order valence-electron chi connectivity index (χ4n) is 0.427. The highest BCUT2D eigenvalue weighted by atomic mass is 16.8. The normalized spacial score (nSPS) is 15.2. The van der Waals surface area contributed by atoms with Crippen LogP contribution in [0.2, 0.25) is 0 Å². The summed E-state index contributed by atoms with van der Waals surface area (Å²) < 4.78 is 0. The van der Waals surface area contributed by atoms with Gasteiger partial charge in [0.25, 0.3) is 5.79 Å². The SMILES string of the molecule is OC(O)C(O)(O)C(O)(O)C(O)(O)O. The zero-order valence-corrected chi connectivity index (χ0v) is 6.10. The predicted octanol–water partition coefficient (Wildman–Crippen LogP) is -5.71. The molecule has 0 radical (unpaired) electrons. The van der Waals surface area contributed by atoms with E-state index >= 15 is 0 Å². The van der Waals surface area contributed by atoms with E-state index in [1.54, 1.807) is 0 Å². The van der Waals surface area contributed by atoms with Crippen molar-refractivity contribution in [3.05, 3.63) is 0 Å². The van der Waals surface area contributed by atoms with E-state index in [2.05, 4.69) is 0 Å². The third-order valence-corrected chi connectivity index (χ3v) is 1.34. The van der Waals surface area contributed by atoms with Gasteiger partial charge in [0, 0.05) is 0 Å². The summed E-state index contributed by atoms with van der Waals surface area (Å²) in [7, 11) is 0. The molecule has 9 nitrogen and oxygen atoms in total. The van der Waals surface area contributed by atoms with E-state index in [9.17, 15) is 0 Å². The number of aliphatic hydroxyl groups excluding tert-OH is 1. The quantitative estimate of drug-likeness (QED) is 0.201. The Balaban J connectivity index is 5.04. The molecule has 0 fully saturated rings. The Morgan fingerprint density at radius 2 is 1.00 bits per heavy atom. The Morgan fingerprint density at radius 1 is 0.692 bits per heavy atom. The summed E-state index contributed by atoms with van der Waals surface area (Å²) in [4.78, 5) is 0. The highest BCUT2D eigenvalue weighted by Gasteiger charge is 2.64. The van der Waals surface area contributed by atoms with Gasteiger partial charge >= 0.3 is 11.8 Å². The van der Waals surface area contributed by atoms with Gasteiger partial charge in [-0.2, -0.15) is 0 Å². The standard InChI is InChI=1S/C4H10O9/c5-1(6)2(7,8)3(9,10)4(11,12)13/h1,5-13H. The van der Waals surface area contributed by atoms with Gasteiger partial charge in [0.2, 0.25) is 6.29 Å². The molecule has 0 atom stereocenters. The molecule has 0 rings (SSSR count). The van der Waals surface area contributed by atoms with Crippen molar-refractivity contribution in [2.75, 3.05) is 0 Å². The molecule has 0 aromatic carbocycles. The van der Waals surface area contributed by atoms with Crippen molar-refractivity contribution < 1.29 is 46.0 Å². The second kappa shape index (κ2) is 3.09. The topological polar surface area (TPSA) is 182 Å². The van der Waals surface area contributed by atoms with Crippen LogP contribution < -0.4 is 0 Å². The van der Waals surface area contributed by atoms with E-state index in [1.807, 2.05) is 0 Å². The summed E-state index contributed by atoms with van der Waals surface area (Å²) in [6.07, 6.45) is -3.15. The van der Waals surface area contributed by atoms with Crippen molar-refractivity contribution in [2.24, 2.45) is 0 Å². The third kappa shape index (κ3) is 1.94. The third-order valence-electron chi connectivity index (χ3n) is 1.34. The molecule has 0 saturated carbocycles. The summed E-state index contributed by atoms with van der Waals surface area (Å²) in [5.41, 5.74) is 0. The molecule has 0 saturated heterocycles. The number of aliphatic hydroxyl groups is 9. The molecule has 9 N–H and O–H groups in total. The Bertz CT molecular complexity index is 177. The Morgan fingerprint density at radius 3 is 1.08 bits per heavy atom. The Labute approximate surface area is 71.0 Å². The van der Waals surface area contributed by atoms with Gasteiger partial charge in [-0.05, 0) is 0 Å². The molecule has 0 bridgehead atoms. The van der Waals surface area contributed by atoms with Gasteiger partial charge < -0.3 is 46.0 Å². The van der Waals surface area contributed by atoms with E-state index in [1.165, 1.54) is 0 Å². The zero-order chi connectivity index (χ0) is 11.1. The van der Waals surface area contributed by atoms with Gasteiger partial charge in [0.1, 0.15) is 0 Å². The Kier molecular flexibility index (Phi) is 3.01. The largest absolute Gasteiger partial charge is 0.364 e. The summed E-state index contributed by atoms with van der Waals surface area (Å²) in [5, 5.41) is 75.1. The van der Waals surface area contributed by atoms with Crippen molar-refractivity contribution in [3.8, 4) is 0 Å². The molecule has 0 aromatic heterocycles. The predicted molar refractivity (Wildman–Crippen MR) is 32.0 cm³/mol. The van der Waals surface area contributed by atoms with E-state index in [-0.39, 0.29) is 0 Å². The van der Waals surface area contributed by atoms with Crippen molar-refractivity contribution in [1.29, 1.82) is 0 Å². The average Bonchev–Trinajstić information content (AvgIpc) is 1.84. The molecule has 9 heteroatoms. The van der Waals surface area contributed by atoms with Gasteiger partial charge in [-0.15, -0.1) is 0 Å². The molecule has 0 aliphatic heterocycles. The number of hydrogen-bond acceptors (Lipinski definition) is 9. The van der Waals surface area contributed by atoms with Crippen LogP contribution in [0.15, 0.2) is 0 Å². The van der Waals surface area contributed by atoms with Gasteiger partial charge in [-0.3, -0.25) is 0 Å². The Hall–Kier alpha value is -0.360. The van der Waals surface area contributed by atoms with Crippen LogP contribution in [-0.2, 0) is 0 Å². The summed E-state index contributed by atoms with van der Waals surface area (Å²) in [6, 6.07) is 0. The van der Waals surface area contributed by atoms with Crippen LogP contribution in [0.3, 0.4) is 0 Å². The smallest absolute Gasteiger partial charge is 0.338 e. The van der Waals surface area contributed by atoms with E-state index in [0.29, 0.717) is 0 Å². The maximum absolute atomic E-state index is 8.53. The first kappa shape index (κ1) is 12.6. The van der Waals surface area contributed by atoms with Crippen LogP contribution in [-0.4, -0.2) is 69.8 Å². The van der Waals surface area contributed by atoms with Crippen LogP contribution in [0.1, 0.15) is 0 Å². The lowest BCUT2D eigenvalue weighted by Crippen LogP contribution is -2.72. The highest BCUT2D eigenvalue weighted by Crippen LogP contribution is 2.27. The molecular formula is C4H10O9. The van der Waals surface area contributed by atoms with E-state index < -0.39 is 23.8 Å². The van der Waals surface area contributed by atoms with Crippen LogP contribution in [0.25, 0.3) is 0 Å². The monoisotopic (exact) mass is 202 g/mol. The molecule has 0 aliphatic rings. The molecule has 0 spiro atoms. The molecule has 0 aromatic rings. The zero-order valence-electron chi connectivity index (χ0n) is 6.10. The lowest BCUT2D eigenvalue weighted by Gasteiger charge is -2.39. The van der Waals surface area contributed by atoms with Gasteiger partial charge in [-0.1, -0.05) is 0 Å². The van der Waals surface area contributed by atoms with Crippen LogP contribution in [0.4, 0.5) is 0 Å². The minimum absolute atomic E-state index is 3.15. The van der Waals surface area contributed by atoms with Crippen LogP contribution in [0, 0.1) is 0 Å². The van der Waals surface area contributed by atoms with E-state index in [0.717, 1.165) is 0 Å². The lowest BCUT2D eigenvalue weighted by atomic mass is 10.0. The van der Waals surface area contributed by atoms with Crippen molar-refractivity contribution >= 4 is 0 Å². The molecule has 0 aliphatic carbocycles. The first-order chi connectivity index (χ1) is 5.44. The number of rotatable bonds is 3. The fraction of sp³-hybridized carbons (Fsp3) is 1.00. The second-order valence-corrected chi connectivity index (χ2v) is 2.41. The number of hydrogen-bond donors (Lipinski definition) is 9. The van der Waals surface area contributed by atoms with Gasteiger partial charge in [-0.25, -0.2) is 0 Å².